The van der Waals surface area contributed by atoms with Crippen LogP contribution in [0.4, 0.5) is 0 Å². The van der Waals surface area contributed by atoms with Gasteiger partial charge in [-0.05, 0) is 36.8 Å². The second-order valence-corrected chi connectivity index (χ2v) is 6.70. The van der Waals surface area contributed by atoms with Crippen molar-refractivity contribution < 1.29 is 9.59 Å². The lowest BCUT2D eigenvalue weighted by Crippen LogP contribution is -2.43. The molecule has 1 aromatic carbocycles. The zero-order valence-electron chi connectivity index (χ0n) is 13.1. The highest BCUT2D eigenvalue weighted by Crippen LogP contribution is 2.46. The van der Waals surface area contributed by atoms with Crippen LogP contribution in [0.2, 0.25) is 5.02 Å². The van der Waals surface area contributed by atoms with Gasteiger partial charge in [-0.2, -0.15) is 0 Å². The third-order valence-corrected chi connectivity index (χ3v) is 4.39. The first-order valence-electron chi connectivity index (χ1n) is 7.76. The minimum atomic E-state index is -0.863. The van der Waals surface area contributed by atoms with Crippen LogP contribution in [-0.2, 0) is 16.1 Å². The van der Waals surface area contributed by atoms with Crippen LogP contribution in [-0.4, -0.2) is 18.4 Å². The number of carbonyl (C=O) groups is 2. The molecular weight excluding hydrogens is 300 g/mol. The highest BCUT2D eigenvalue weighted by Gasteiger charge is 2.56. The number of hydrogen-bond acceptors (Lipinski definition) is 2. The van der Waals surface area contributed by atoms with E-state index < -0.39 is 5.41 Å². The molecule has 2 N–H and O–H groups in total. The van der Waals surface area contributed by atoms with Crippen molar-refractivity contribution >= 4 is 23.4 Å². The van der Waals surface area contributed by atoms with Crippen LogP contribution in [0.15, 0.2) is 24.3 Å². The van der Waals surface area contributed by atoms with Gasteiger partial charge >= 0.3 is 0 Å². The molecule has 0 aromatic heterocycles. The van der Waals surface area contributed by atoms with Gasteiger partial charge in [0.2, 0.25) is 11.8 Å². The number of benzene rings is 1. The van der Waals surface area contributed by atoms with Crippen molar-refractivity contribution in [3.05, 3.63) is 34.9 Å². The summed E-state index contributed by atoms with van der Waals surface area (Å²) in [6.07, 6.45) is 2.16. The fourth-order valence-corrected chi connectivity index (χ4v) is 2.51. The molecule has 0 spiro atoms. The Labute approximate surface area is 136 Å². The Kier molecular flexibility index (Phi) is 5.46. The average molecular weight is 323 g/mol. The average Bonchev–Trinajstić information content (AvgIpc) is 3.27. The quantitative estimate of drug-likeness (QED) is 0.758. The lowest BCUT2D eigenvalue weighted by atomic mass is 10.0. The first-order chi connectivity index (χ1) is 10.5. The van der Waals surface area contributed by atoms with Gasteiger partial charge in [-0.1, -0.05) is 43.6 Å². The van der Waals surface area contributed by atoms with Crippen LogP contribution in [0, 0.1) is 11.3 Å². The molecule has 0 saturated heterocycles. The molecule has 1 fully saturated rings. The normalized spacial score (nSPS) is 15.5. The fraction of sp³-hybridized carbons (Fsp3) is 0.529. The molecule has 1 aromatic rings. The van der Waals surface area contributed by atoms with Gasteiger partial charge in [0.05, 0.1) is 0 Å². The molecule has 1 aliphatic carbocycles. The molecule has 22 heavy (non-hydrogen) atoms. The standard InChI is InChI=1S/C17H23ClN2O2/c1-12(2)7-10-19-15(21)17(8-9-17)16(22)20-11-13-5-3-4-6-14(13)18/h3-6,12H,7-11H2,1-2H3,(H,19,21)(H,20,22). The van der Waals surface area contributed by atoms with Crippen LogP contribution in [0.25, 0.3) is 0 Å². The van der Waals surface area contributed by atoms with E-state index in [2.05, 4.69) is 24.5 Å². The van der Waals surface area contributed by atoms with E-state index >= 15 is 0 Å². The fourth-order valence-electron chi connectivity index (χ4n) is 2.31. The van der Waals surface area contributed by atoms with E-state index in [9.17, 15) is 9.59 Å². The maximum Gasteiger partial charge on any atom is 0.235 e. The molecule has 1 saturated carbocycles. The summed E-state index contributed by atoms with van der Waals surface area (Å²) in [5.74, 6) is 0.184. The molecule has 1 aliphatic rings. The van der Waals surface area contributed by atoms with Crippen LogP contribution in [0.1, 0.15) is 38.7 Å². The van der Waals surface area contributed by atoms with Gasteiger partial charge in [-0.15, -0.1) is 0 Å². The Morgan fingerprint density at radius 3 is 2.41 bits per heavy atom. The van der Waals surface area contributed by atoms with Gasteiger partial charge in [-0.3, -0.25) is 9.59 Å². The van der Waals surface area contributed by atoms with Crippen molar-refractivity contribution in [1.82, 2.24) is 10.6 Å². The molecular formula is C17H23ClN2O2. The summed E-state index contributed by atoms with van der Waals surface area (Å²) in [6.45, 7) is 5.18. The number of hydrogen-bond donors (Lipinski definition) is 2. The summed E-state index contributed by atoms with van der Waals surface area (Å²) in [6, 6.07) is 7.37. The highest BCUT2D eigenvalue weighted by molar-refractivity contribution is 6.31. The van der Waals surface area contributed by atoms with E-state index in [1.54, 1.807) is 6.07 Å². The Hall–Kier alpha value is -1.55. The summed E-state index contributed by atoms with van der Waals surface area (Å²) in [4.78, 5) is 24.6. The highest BCUT2D eigenvalue weighted by atomic mass is 35.5. The van der Waals surface area contributed by atoms with Crippen molar-refractivity contribution in [3.8, 4) is 0 Å². The maximum atomic E-state index is 12.3. The predicted octanol–water partition coefficient (Wildman–Crippen LogP) is 2.90. The summed E-state index contributed by atoms with van der Waals surface area (Å²) in [7, 11) is 0. The first kappa shape index (κ1) is 16.8. The van der Waals surface area contributed by atoms with Crippen LogP contribution in [0.3, 0.4) is 0 Å². The molecule has 0 radical (unpaired) electrons. The van der Waals surface area contributed by atoms with Crippen molar-refractivity contribution in [1.29, 1.82) is 0 Å². The second-order valence-electron chi connectivity index (χ2n) is 6.29. The van der Waals surface area contributed by atoms with Crippen LogP contribution in [0.5, 0.6) is 0 Å². The van der Waals surface area contributed by atoms with E-state index in [-0.39, 0.29) is 11.8 Å². The minimum Gasteiger partial charge on any atom is -0.355 e. The summed E-state index contributed by atoms with van der Waals surface area (Å²) in [5, 5.41) is 6.34. The SMILES string of the molecule is CC(C)CCNC(=O)C1(C(=O)NCc2ccccc2Cl)CC1. The Balaban J connectivity index is 1.86. The minimum absolute atomic E-state index is 0.148. The molecule has 120 valence electrons. The third-order valence-electron chi connectivity index (χ3n) is 4.02. The molecule has 0 aliphatic heterocycles. The molecule has 4 nitrogen and oxygen atoms in total. The molecule has 0 bridgehead atoms. The van der Waals surface area contributed by atoms with E-state index in [0.717, 1.165) is 12.0 Å². The van der Waals surface area contributed by atoms with Gasteiger partial charge < -0.3 is 10.6 Å². The number of rotatable bonds is 7. The third kappa shape index (κ3) is 4.01. The molecule has 0 atom stereocenters. The van der Waals surface area contributed by atoms with Gasteiger partial charge in [0.25, 0.3) is 0 Å². The number of halogens is 1. The smallest absolute Gasteiger partial charge is 0.235 e. The van der Waals surface area contributed by atoms with Crippen molar-refractivity contribution in [2.24, 2.45) is 11.3 Å². The van der Waals surface area contributed by atoms with Crippen molar-refractivity contribution in [3.63, 3.8) is 0 Å². The van der Waals surface area contributed by atoms with E-state index in [0.29, 0.717) is 36.9 Å². The lowest BCUT2D eigenvalue weighted by molar-refractivity contribution is -0.137. The van der Waals surface area contributed by atoms with Crippen molar-refractivity contribution in [2.45, 2.75) is 39.7 Å². The number of carbonyl (C=O) groups excluding carboxylic acids is 2. The topological polar surface area (TPSA) is 58.2 Å². The second kappa shape index (κ2) is 7.14. The summed E-state index contributed by atoms with van der Waals surface area (Å²) >= 11 is 6.07. The summed E-state index contributed by atoms with van der Waals surface area (Å²) < 4.78 is 0. The van der Waals surface area contributed by atoms with Crippen LogP contribution >= 0.6 is 11.6 Å². The number of nitrogens with one attached hydrogen (secondary N) is 2. The predicted molar refractivity (Wildman–Crippen MR) is 87.4 cm³/mol. The molecule has 2 amide bonds. The zero-order chi connectivity index (χ0) is 16.2. The van der Waals surface area contributed by atoms with Gasteiger partial charge in [0.15, 0.2) is 0 Å². The molecule has 0 unspecified atom stereocenters. The van der Waals surface area contributed by atoms with Gasteiger partial charge in [0.1, 0.15) is 5.41 Å². The van der Waals surface area contributed by atoms with Crippen LogP contribution < -0.4 is 10.6 Å². The Bertz CT molecular complexity index is 553. The maximum absolute atomic E-state index is 12.3. The molecule has 0 heterocycles. The Morgan fingerprint density at radius 2 is 1.82 bits per heavy atom. The number of amides is 2. The van der Waals surface area contributed by atoms with E-state index in [4.69, 9.17) is 11.6 Å². The zero-order valence-corrected chi connectivity index (χ0v) is 13.9. The van der Waals surface area contributed by atoms with Gasteiger partial charge in [0, 0.05) is 18.1 Å². The molecule has 2 rings (SSSR count). The first-order valence-corrected chi connectivity index (χ1v) is 8.13. The van der Waals surface area contributed by atoms with E-state index in [1.165, 1.54) is 0 Å². The van der Waals surface area contributed by atoms with Gasteiger partial charge in [-0.25, -0.2) is 0 Å². The van der Waals surface area contributed by atoms with E-state index in [1.807, 2.05) is 18.2 Å². The largest absolute Gasteiger partial charge is 0.355 e. The summed E-state index contributed by atoms with van der Waals surface area (Å²) in [5.41, 5.74) is -0.00774. The van der Waals surface area contributed by atoms with Crippen molar-refractivity contribution in [2.75, 3.05) is 6.54 Å². The Morgan fingerprint density at radius 1 is 1.18 bits per heavy atom. The lowest BCUT2D eigenvalue weighted by Gasteiger charge is -2.16. The monoisotopic (exact) mass is 322 g/mol. The molecule has 5 heteroatoms.